The Morgan fingerprint density at radius 3 is 2.66 bits per heavy atom. The van der Waals surface area contributed by atoms with Gasteiger partial charge in [-0.15, -0.1) is 10.2 Å². The summed E-state index contributed by atoms with van der Waals surface area (Å²) in [6.45, 7) is 3.89. The van der Waals surface area contributed by atoms with Gasteiger partial charge in [-0.05, 0) is 49.9 Å². The SMILES string of the molecule is COC(C)(C)c1nnc2ccc(O[C@@H]3CC[C@H](NC(N)=O)c4ccccc43)cn12. The van der Waals surface area contributed by atoms with Crippen LogP contribution in [0.5, 0.6) is 5.75 Å². The van der Waals surface area contributed by atoms with E-state index in [-0.39, 0.29) is 12.1 Å². The second kappa shape index (κ2) is 7.36. The molecule has 3 N–H and O–H groups in total. The van der Waals surface area contributed by atoms with Gasteiger partial charge in [0.2, 0.25) is 0 Å². The molecule has 152 valence electrons. The lowest BCUT2D eigenvalue weighted by atomic mass is 9.85. The van der Waals surface area contributed by atoms with Gasteiger partial charge in [0.15, 0.2) is 11.5 Å². The fraction of sp³-hybridized carbons (Fsp3) is 0.381. The molecule has 2 heterocycles. The third kappa shape index (κ3) is 3.63. The molecule has 2 aromatic heterocycles. The third-order valence-electron chi connectivity index (χ3n) is 5.45. The summed E-state index contributed by atoms with van der Waals surface area (Å²) in [7, 11) is 1.65. The maximum Gasteiger partial charge on any atom is 0.312 e. The van der Waals surface area contributed by atoms with Crippen molar-refractivity contribution in [3.05, 3.63) is 59.5 Å². The van der Waals surface area contributed by atoms with Crippen LogP contribution in [0.3, 0.4) is 0 Å². The Hall–Kier alpha value is -3.13. The number of pyridine rings is 1. The topological polar surface area (TPSA) is 104 Å². The number of nitrogens with two attached hydrogens (primary N) is 1. The monoisotopic (exact) mass is 395 g/mol. The summed E-state index contributed by atoms with van der Waals surface area (Å²) < 4.78 is 13.8. The van der Waals surface area contributed by atoms with Crippen LogP contribution in [0.1, 0.15) is 55.8 Å². The highest BCUT2D eigenvalue weighted by atomic mass is 16.5. The van der Waals surface area contributed by atoms with Crippen LogP contribution in [0, 0.1) is 0 Å². The Labute approximate surface area is 169 Å². The van der Waals surface area contributed by atoms with Gasteiger partial charge in [-0.3, -0.25) is 4.40 Å². The lowest BCUT2D eigenvalue weighted by molar-refractivity contribution is 0.0106. The first kappa shape index (κ1) is 19.2. The molecular formula is C21H25N5O3. The van der Waals surface area contributed by atoms with Gasteiger partial charge < -0.3 is 20.5 Å². The number of ether oxygens (including phenoxy) is 2. The van der Waals surface area contributed by atoms with E-state index in [1.165, 1.54) is 0 Å². The van der Waals surface area contributed by atoms with Crippen molar-refractivity contribution in [3.63, 3.8) is 0 Å². The van der Waals surface area contributed by atoms with Gasteiger partial charge in [-0.25, -0.2) is 4.79 Å². The highest BCUT2D eigenvalue weighted by Crippen LogP contribution is 2.38. The van der Waals surface area contributed by atoms with Crippen molar-refractivity contribution < 1.29 is 14.3 Å². The van der Waals surface area contributed by atoms with Crippen molar-refractivity contribution in [2.45, 2.75) is 44.4 Å². The van der Waals surface area contributed by atoms with Gasteiger partial charge in [0.05, 0.1) is 12.2 Å². The average Bonchev–Trinajstić information content (AvgIpc) is 3.14. The number of nitrogens with zero attached hydrogens (tertiary/aromatic N) is 3. The summed E-state index contributed by atoms with van der Waals surface area (Å²) in [6, 6.07) is 11.1. The third-order valence-corrected chi connectivity index (χ3v) is 5.45. The number of fused-ring (bicyclic) bond motifs is 2. The normalized spacial score (nSPS) is 19.0. The second-order valence-corrected chi connectivity index (χ2v) is 7.70. The van der Waals surface area contributed by atoms with E-state index in [0.29, 0.717) is 11.6 Å². The highest BCUT2D eigenvalue weighted by Gasteiger charge is 2.30. The van der Waals surface area contributed by atoms with E-state index >= 15 is 0 Å². The highest BCUT2D eigenvalue weighted by molar-refractivity contribution is 5.72. The maximum absolute atomic E-state index is 11.3. The molecule has 1 aliphatic rings. The number of carbonyl (C=O) groups excluding carboxylic acids is 1. The van der Waals surface area contributed by atoms with Crippen LogP contribution in [0.15, 0.2) is 42.6 Å². The van der Waals surface area contributed by atoms with Crippen LogP contribution in [0.25, 0.3) is 5.65 Å². The van der Waals surface area contributed by atoms with Crippen LogP contribution in [0.4, 0.5) is 4.79 Å². The van der Waals surface area contributed by atoms with Crippen molar-refractivity contribution in [3.8, 4) is 5.75 Å². The van der Waals surface area contributed by atoms with E-state index in [1.54, 1.807) is 7.11 Å². The van der Waals surface area contributed by atoms with E-state index < -0.39 is 11.6 Å². The molecule has 4 rings (SSSR count). The molecule has 0 radical (unpaired) electrons. The smallest absolute Gasteiger partial charge is 0.312 e. The number of urea groups is 1. The number of rotatable bonds is 5. The van der Waals surface area contributed by atoms with E-state index in [9.17, 15) is 4.79 Å². The van der Waals surface area contributed by atoms with Gasteiger partial charge in [0.1, 0.15) is 17.5 Å². The molecule has 2 amide bonds. The summed E-state index contributed by atoms with van der Waals surface area (Å²) in [5, 5.41) is 11.3. The Morgan fingerprint density at radius 2 is 1.93 bits per heavy atom. The van der Waals surface area contributed by atoms with Gasteiger partial charge in [-0.1, -0.05) is 24.3 Å². The van der Waals surface area contributed by atoms with Crippen molar-refractivity contribution >= 4 is 11.7 Å². The number of benzene rings is 1. The maximum atomic E-state index is 11.3. The number of hydrogen-bond donors (Lipinski definition) is 2. The molecule has 0 aliphatic heterocycles. The molecule has 0 spiro atoms. The summed E-state index contributed by atoms with van der Waals surface area (Å²) in [5.74, 6) is 1.42. The molecule has 2 atom stereocenters. The summed E-state index contributed by atoms with van der Waals surface area (Å²) in [4.78, 5) is 11.3. The summed E-state index contributed by atoms with van der Waals surface area (Å²) in [5.41, 5.74) is 7.58. The van der Waals surface area contributed by atoms with Crippen molar-refractivity contribution in [1.82, 2.24) is 19.9 Å². The number of carbonyl (C=O) groups is 1. The lowest BCUT2D eigenvalue weighted by Gasteiger charge is -2.32. The van der Waals surface area contributed by atoms with Crippen LogP contribution >= 0.6 is 0 Å². The van der Waals surface area contributed by atoms with Crippen molar-refractivity contribution in [1.29, 1.82) is 0 Å². The fourth-order valence-corrected chi connectivity index (χ4v) is 3.80. The Kier molecular flexibility index (Phi) is 4.87. The number of amides is 2. The Bertz CT molecular complexity index is 1050. The zero-order valence-corrected chi connectivity index (χ0v) is 16.8. The first-order valence-electron chi connectivity index (χ1n) is 9.61. The molecule has 0 saturated heterocycles. The van der Waals surface area contributed by atoms with Crippen LogP contribution < -0.4 is 15.8 Å². The average molecular weight is 395 g/mol. The second-order valence-electron chi connectivity index (χ2n) is 7.70. The van der Waals surface area contributed by atoms with Crippen molar-refractivity contribution in [2.24, 2.45) is 5.73 Å². The predicted octanol–water partition coefficient (Wildman–Crippen LogP) is 3.23. The minimum atomic E-state index is -0.580. The number of methoxy groups -OCH3 is 1. The molecular weight excluding hydrogens is 370 g/mol. The molecule has 1 aromatic carbocycles. The minimum Gasteiger partial charge on any atom is -0.484 e. The van der Waals surface area contributed by atoms with Gasteiger partial charge in [0, 0.05) is 7.11 Å². The number of nitrogens with one attached hydrogen (secondary N) is 1. The van der Waals surface area contributed by atoms with Gasteiger partial charge in [0.25, 0.3) is 0 Å². The largest absolute Gasteiger partial charge is 0.484 e. The summed E-state index contributed by atoms with van der Waals surface area (Å²) in [6.07, 6.45) is 3.28. The predicted molar refractivity (Wildman–Crippen MR) is 108 cm³/mol. The lowest BCUT2D eigenvalue weighted by Crippen LogP contribution is -2.36. The van der Waals surface area contributed by atoms with Crippen LogP contribution in [-0.2, 0) is 10.3 Å². The molecule has 0 saturated carbocycles. The van der Waals surface area contributed by atoms with Crippen LogP contribution in [0.2, 0.25) is 0 Å². The Balaban J connectivity index is 1.64. The van der Waals surface area contributed by atoms with E-state index in [0.717, 1.165) is 29.6 Å². The van der Waals surface area contributed by atoms with E-state index in [1.807, 2.05) is 60.8 Å². The molecule has 29 heavy (non-hydrogen) atoms. The zero-order chi connectivity index (χ0) is 20.6. The molecule has 0 unspecified atom stereocenters. The molecule has 8 nitrogen and oxygen atoms in total. The van der Waals surface area contributed by atoms with E-state index in [4.69, 9.17) is 15.2 Å². The molecule has 3 aromatic rings. The molecule has 1 aliphatic carbocycles. The first-order chi connectivity index (χ1) is 13.9. The summed E-state index contributed by atoms with van der Waals surface area (Å²) >= 11 is 0. The van der Waals surface area contributed by atoms with Crippen molar-refractivity contribution in [2.75, 3.05) is 7.11 Å². The number of aromatic nitrogens is 3. The number of primary amides is 1. The molecule has 0 bridgehead atoms. The van der Waals surface area contributed by atoms with E-state index in [2.05, 4.69) is 15.5 Å². The van der Waals surface area contributed by atoms with Crippen LogP contribution in [-0.4, -0.2) is 27.7 Å². The number of hydrogen-bond acceptors (Lipinski definition) is 5. The zero-order valence-electron chi connectivity index (χ0n) is 16.8. The van der Waals surface area contributed by atoms with Gasteiger partial charge >= 0.3 is 6.03 Å². The van der Waals surface area contributed by atoms with Gasteiger partial charge in [-0.2, -0.15) is 0 Å². The fourth-order valence-electron chi connectivity index (χ4n) is 3.80. The molecule has 0 fully saturated rings. The Morgan fingerprint density at radius 1 is 1.17 bits per heavy atom. The minimum absolute atomic E-state index is 0.0991. The standard InChI is InChI=1S/C21H25N5O3/c1-21(2,28-3)19-25-24-18-11-8-13(12-26(18)19)29-17-10-9-16(23-20(22)27)14-6-4-5-7-15(14)17/h4-8,11-12,16-17H,9-10H2,1-3H3,(H3,22,23,27)/t16-,17+/m0/s1. The quantitative estimate of drug-likeness (QED) is 0.690. The molecule has 8 heteroatoms. The first-order valence-corrected chi connectivity index (χ1v) is 9.61.